The Bertz CT molecular complexity index is 270. The summed E-state index contributed by atoms with van der Waals surface area (Å²) in [6, 6.07) is 0. The van der Waals surface area contributed by atoms with Gasteiger partial charge in [-0.25, -0.2) is 0 Å². The summed E-state index contributed by atoms with van der Waals surface area (Å²) < 4.78 is 0. The van der Waals surface area contributed by atoms with E-state index in [9.17, 15) is 9.59 Å². The highest BCUT2D eigenvalue weighted by atomic mass is 16.4. The van der Waals surface area contributed by atoms with Gasteiger partial charge in [-0.15, -0.1) is 0 Å². The quantitative estimate of drug-likeness (QED) is 0.457. The van der Waals surface area contributed by atoms with Crippen LogP contribution in [0.4, 0.5) is 0 Å². The van der Waals surface area contributed by atoms with E-state index >= 15 is 0 Å². The van der Waals surface area contributed by atoms with Crippen LogP contribution in [-0.4, -0.2) is 27.9 Å². The minimum atomic E-state index is -0.833. The van der Waals surface area contributed by atoms with E-state index in [1.165, 1.54) is 38.5 Å². The van der Waals surface area contributed by atoms with Gasteiger partial charge in [0.1, 0.15) is 5.78 Å². The van der Waals surface area contributed by atoms with Crippen molar-refractivity contribution in [2.45, 2.75) is 120 Å². The zero-order chi connectivity index (χ0) is 21.8. The van der Waals surface area contributed by atoms with E-state index < -0.39 is 11.9 Å². The lowest BCUT2D eigenvalue weighted by Crippen LogP contribution is -1.93. The highest BCUT2D eigenvalue weighted by molar-refractivity contribution is 5.77. The first kappa shape index (κ1) is 35.7. The van der Waals surface area contributed by atoms with Crippen LogP contribution in [0.1, 0.15) is 120 Å². The Morgan fingerprint density at radius 3 is 1.12 bits per heavy atom. The molecule has 0 rings (SSSR count). The molecule has 160 valence electrons. The third-order valence-electron chi connectivity index (χ3n) is 2.46. The van der Waals surface area contributed by atoms with E-state index in [0.29, 0.717) is 12.2 Å². The molecule has 0 atom stereocenters. The topological polar surface area (TPSA) is 91.7 Å². The lowest BCUT2D eigenvalue weighted by molar-refractivity contribution is -0.137. The van der Waals surface area contributed by atoms with Gasteiger partial charge in [-0.2, -0.15) is 0 Å². The average molecular weight is 379 g/mol. The van der Waals surface area contributed by atoms with Crippen LogP contribution >= 0.6 is 0 Å². The third kappa shape index (κ3) is 114. The molecule has 0 aromatic rings. The van der Waals surface area contributed by atoms with Crippen molar-refractivity contribution >= 4 is 17.7 Å². The van der Waals surface area contributed by atoms with E-state index in [4.69, 9.17) is 15.0 Å². The van der Waals surface area contributed by atoms with Crippen molar-refractivity contribution < 1.29 is 24.6 Å². The number of Topliss-reactive ketones (excluding diaryl/α,β-unsaturated/α-hetero) is 1. The van der Waals surface area contributed by atoms with E-state index in [0.717, 1.165) is 19.8 Å². The van der Waals surface area contributed by atoms with Gasteiger partial charge in [0, 0.05) is 26.2 Å². The number of hydrogen-bond donors (Lipinski definition) is 2. The monoisotopic (exact) mass is 378 g/mol. The lowest BCUT2D eigenvalue weighted by Gasteiger charge is -1.93. The SMILES string of the molecule is CC(=O)O.CCC.CCC(=O)O.CCCCC.CCCCCC(=O)CC. The number of unbranched alkanes of at least 4 members (excludes halogenated alkanes) is 4. The second-order valence-electron chi connectivity index (χ2n) is 5.68. The van der Waals surface area contributed by atoms with Gasteiger partial charge in [-0.1, -0.05) is 87.0 Å². The highest BCUT2D eigenvalue weighted by Crippen LogP contribution is 2.00. The van der Waals surface area contributed by atoms with Gasteiger partial charge in [-0.05, 0) is 6.42 Å². The van der Waals surface area contributed by atoms with E-state index in [-0.39, 0.29) is 6.42 Å². The smallest absolute Gasteiger partial charge is 0.303 e. The molecule has 0 aromatic carbocycles. The molecule has 2 N–H and O–H groups in total. The summed E-state index contributed by atoms with van der Waals surface area (Å²) in [4.78, 5) is 29.1. The van der Waals surface area contributed by atoms with Crippen LogP contribution in [0, 0.1) is 0 Å². The Kier molecular flexibility index (Phi) is 53.4. The summed E-state index contributed by atoms with van der Waals surface area (Å²) in [7, 11) is 0. The summed E-state index contributed by atoms with van der Waals surface area (Å²) in [5.74, 6) is -1.17. The molecule has 0 aliphatic carbocycles. The summed E-state index contributed by atoms with van der Waals surface area (Å²) >= 11 is 0. The average Bonchev–Trinajstić information content (AvgIpc) is 2.57. The highest BCUT2D eigenvalue weighted by Gasteiger charge is 1.95. The summed E-state index contributed by atoms with van der Waals surface area (Å²) in [6.07, 6.45) is 10.5. The molecule has 5 nitrogen and oxygen atoms in total. The van der Waals surface area contributed by atoms with E-state index in [1.54, 1.807) is 6.92 Å². The number of aliphatic carboxylic acids is 2. The number of carboxylic acids is 2. The molecule has 0 bridgehead atoms. The largest absolute Gasteiger partial charge is 0.481 e. The number of carboxylic acid groups (broad SMARTS) is 2. The van der Waals surface area contributed by atoms with Crippen LogP contribution < -0.4 is 0 Å². The van der Waals surface area contributed by atoms with Crippen molar-refractivity contribution in [1.29, 1.82) is 0 Å². The molecule has 0 heterocycles. The molecule has 0 aliphatic heterocycles. The van der Waals surface area contributed by atoms with Crippen LogP contribution in [0.5, 0.6) is 0 Å². The Hall–Kier alpha value is -1.39. The second-order valence-corrected chi connectivity index (χ2v) is 5.68. The second kappa shape index (κ2) is 38.9. The fourth-order valence-electron chi connectivity index (χ4n) is 1.10. The molecule has 0 saturated heterocycles. The number of hydrogen-bond acceptors (Lipinski definition) is 3. The van der Waals surface area contributed by atoms with Crippen LogP contribution in [-0.2, 0) is 14.4 Å². The molecule has 26 heavy (non-hydrogen) atoms. The van der Waals surface area contributed by atoms with E-state index in [2.05, 4.69) is 34.6 Å². The van der Waals surface area contributed by atoms with Gasteiger partial charge in [0.05, 0.1) is 0 Å². The zero-order valence-corrected chi connectivity index (χ0v) is 18.7. The summed E-state index contributed by atoms with van der Waals surface area (Å²) in [6.45, 7) is 15.4. The Morgan fingerprint density at radius 2 is 0.962 bits per heavy atom. The molecule has 0 radical (unpaired) electrons. The molecular weight excluding hydrogens is 332 g/mol. The third-order valence-corrected chi connectivity index (χ3v) is 2.46. The number of rotatable bonds is 8. The fraction of sp³-hybridized carbons (Fsp3) is 0.857. The molecule has 0 unspecified atom stereocenters. The minimum Gasteiger partial charge on any atom is -0.481 e. The van der Waals surface area contributed by atoms with Crippen molar-refractivity contribution in [3.63, 3.8) is 0 Å². The van der Waals surface area contributed by atoms with Crippen molar-refractivity contribution in [3.8, 4) is 0 Å². The van der Waals surface area contributed by atoms with Crippen molar-refractivity contribution in [2.24, 2.45) is 0 Å². The molecule has 5 heteroatoms. The van der Waals surface area contributed by atoms with Crippen LogP contribution in [0.3, 0.4) is 0 Å². The lowest BCUT2D eigenvalue weighted by atomic mass is 10.1. The molecular formula is C21H46O5. The summed E-state index contributed by atoms with van der Waals surface area (Å²) in [5, 5.41) is 15.1. The maximum Gasteiger partial charge on any atom is 0.303 e. The fourth-order valence-corrected chi connectivity index (χ4v) is 1.10. The van der Waals surface area contributed by atoms with Crippen molar-refractivity contribution in [3.05, 3.63) is 0 Å². The van der Waals surface area contributed by atoms with Crippen LogP contribution in [0.2, 0.25) is 0 Å². The van der Waals surface area contributed by atoms with Crippen LogP contribution in [0.25, 0.3) is 0 Å². The summed E-state index contributed by atoms with van der Waals surface area (Å²) in [5.41, 5.74) is 0. The standard InChI is InChI=1S/C8H16O.C5H12.C3H6O2.C3H8.C2H4O2/c1-3-5-6-7-8(9)4-2;1-3-5-4-2;1-2-3(4)5;1-3-2;1-2(3)4/h3-7H2,1-2H3;3-5H2,1-2H3;2H2,1H3,(H,4,5);3H2,1-2H3;1H3,(H,3,4). The Morgan fingerprint density at radius 1 is 0.654 bits per heavy atom. The molecule has 0 aliphatic rings. The molecule has 0 saturated carbocycles. The minimum absolute atomic E-state index is 0.222. The van der Waals surface area contributed by atoms with Gasteiger partial charge in [-0.3, -0.25) is 14.4 Å². The van der Waals surface area contributed by atoms with Gasteiger partial charge in [0.15, 0.2) is 0 Å². The normalized spacial score (nSPS) is 8.00. The molecule has 0 aromatic heterocycles. The first-order valence-electron chi connectivity index (χ1n) is 10.1. The van der Waals surface area contributed by atoms with Gasteiger partial charge >= 0.3 is 5.97 Å². The predicted molar refractivity (Wildman–Crippen MR) is 112 cm³/mol. The van der Waals surface area contributed by atoms with E-state index in [1.807, 2.05) is 6.92 Å². The molecule has 0 spiro atoms. The molecule has 0 amide bonds. The zero-order valence-electron chi connectivity index (χ0n) is 18.7. The van der Waals surface area contributed by atoms with Crippen LogP contribution in [0.15, 0.2) is 0 Å². The van der Waals surface area contributed by atoms with Crippen molar-refractivity contribution in [2.75, 3.05) is 0 Å². The molecule has 0 fully saturated rings. The van der Waals surface area contributed by atoms with Gasteiger partial charge in [0.25, 0.3) is 5.97 Å². The van der Waals surface area contributed by atoms with Crippen molar-refractivity contribution in [1.82, 2.24) is 0 Å². The first-order valence-corrected chi connectivity index (χ1v) is 10.1. The number of carbonyl (C=O) groups excluding carboxylic acids is 1. The van der Waals surface area contributed by atoms with Gasteiger partial charge < -0.3 is 10.2 Å². The predicted octanol–water partition coefficient (Wildman–Crippen LogP) is 6.73. The number of ketones is 1. The Balaban J connectivity index is -0.0000000752. The number of carbonyl (C=O) groups is 3. The Labute approximate surface area is 162 Å². The maximum absolute atomic E-state index is 10.7. The maximum atomic E-state index is 10.7. The first-order chi connectivity index (χ1) is 12.1. The van der Waals surface area contributed by atoms with Gasteiger partial charge in [0.2, 0.25) is 0 Å².